The zero-order valence-electron chi connectivity index (χ0n) is 17.4. The van der Waals surface area contributed by atoms with Crippen molar-refractivity contribution in [2.45, 2.75) is 47.8 Å². The summed E-state index contributed by atoms with van der Waals surface area (Å²) in [5, 5.41) is 7.38. The first-order valence-electron chi connectivity index (χ1n) is 10.5. The molecule has 32 heavy (non-hydrogen) atoms. The number of nitrogens with one attached hydrogen (secondary N) is 2. The molecule has 4 fully saturated rings. The van der Waals surface area contributed by atoms with Crippen LogP contribution in [0.2, 0.25) is 5.15 Å². The minimum atomic E-state index is -3.27. The molecule has 1 aliphatic heterocycles. The van der Waals surface area contributed by atoms with Crippen molar-refractivity contribution in [3.8, 4) is 0 Å². The van der Waals surface area contributed by atoms with Gasteiger partial charge in [0, 0.05) is 40.1 Å². The summed E-state index contributed by atoms with van der Waals surface area (Å²) in [6, 6.07) is 6.97. The number of carbonyl (C=O) groups is 1. The lowest BCUT2D eigenvalue weighted by Gasteiger charge is -2.72. The second-order valence-corrected chi connectivity index (χ2v) is 13.5. The molecule has 10 heteroatoms. The van der Waals surface area contributed by atoms with Crippen molar-refractivity contribution >= 4 is 44.0 Å². The number of nitrogens with zero attached hydrogens (tertiary/aromatic N) is 1. The van der Waals surface area contributed by atoms with E-state index >= 15 is 0 Å². The van der Waals surface area contributed by atoms with Gasteiger partial charge in [-0.2, -0.15) is 0 Å². The third kappa shape index (κ3) is 2.97. The van der Waals surface area contributed by atoms with Crippen molar-refractivity contribution in [1.29, 1.82) is 0 Å². The average molecular weight is 492 g/mol. The van der Waals surface area contributed by atoms with E-state index < -0.39 is 14.6 Å². The average Bonchev–Trinajstić information content (AvgIpc) is 3.14. The molecule has 2 bridgehead atoms. The summed E-state index contributed by atoms with van der Waals surface area (Å²) in [5.41, 5.74) is 1.02. The van der Waals surface area contributed by atoms with Crippen LogP contribution in [0.5, 0.6) is 0 Å². The fourth-order valence-electron chi connectivity index (χ4n) is 5.52. The van der Waals surface area contributed by atoms with Gasteiger partial charge in [-0.25, -0.2) is 13.4 Å². The number of pyridine rings is 1. The Bertz CT molecular complexity index is 1240. The van der Waals surface area contributed by atoms with Gasteiger partial charge in [0.1, 0.15) is 15.7 Å². The third-order valence-electron chi connectivity index (χ3n) is 7.32. The predicted molar refractivity (Wildman–Crippen MR) is 123 cm³/mol. The summed E-state index contributed by atoms with van der Waals surface area (Å²) in [6.07, 6.45) is 8.87. The van der Waals surface area contributed by atoms with Crippen molar-refractivity contribution in [2.75, 3.05) is 6.26 Å². The van der Waals surface area contributed by atoms with Crippen LogP contribution in [-0.2, 0) is 14.6 Å². The Morgan fingerprint density at radius 2 is 2.00 bits per heavy atom. The van der Waals surface area contributed by atoms with Crippen molar-refractivity contribution in [1.82, 2.24) is 15.6 Å². The van der Waals surface area contributed by atoms with E-state index in [0.717, 1.165) is 29.7 Å². The number of furan rings is 1. The third-order valence-corrected chi connectivity index (χ3v) is 11.1. The number of carbonyl (C=O) groups excluding carboxylic acids is 1. The Hall–Kier alpha value is -1.97. The van der Waals surface area contributed by atoms with E-state index in [1.807, 2.05) is 12.3 Å². The van der Waals surface area contributed by atoms with E-state index in [1.165, 1.54) is 6.26 Å². The molecule has 168 valence electrons. The van der Waals surface area contributed by atoms with E-state index in [2.05, 4.69) is 15.6 Å². The Balaban J connectivity index is 1.07. The molecule has 1 atom stereocenters. The van der Waals surface area contributed by atoms with Crippen molar-refractivity contribution in [3.63, 3.8) is 0 Å². The zero-order chi connectivity index (χ0) is 22.4. The van der Waals surface area contributed by atoms with Gasteiger partial charge in [0.2, 0.25) is 0 Å². The smallest absolute Gasteiger partial charge is 0.287 e. The maximum atomic E-state index is 12.8. The molecule has 0 aromatic carbocycles. The van der Waals surface area contributed by atoms with Gasteiger partial charge < -0.3 is 15.1 Å². The largest absolute Gasteiger partial charge is 0.454 e. The number of hydrogen-bond donors (Lipinski definition) is 2. The number of hydrogen-bond acceptors (Lipinski definition) is 7. The first kappa shape index (κ1) is 20.6. The van der Waals surface area contributed by atoms with E-state index in [-0.39, 0.29) is 28.0 Å². The summed E-state index contributed by atoms with van der Waals surface area (Å²) >= 11 is 7.68. The molecule has 4 saturated carbocycles. The lowest BCUT2D eigenvalue weighted by atomic mass is 9.39. The van der Waals surface area contributed by atoms with Gasteiger partial charge in [-0.05, 0) is 56.4 Å². The molecule has 1 unspecified atom stereocenters. The summed E-state index contributed by atoms with van der Waals surface area (Å²) in [6.45, 7) is 0. The number of rotatable bonds is 6. The Labute approximate surface area is 195 Å². The molecule has 3 heterocycles. The van der Waals surface area contributed by atoms with Crippen molar-refractivity contribution in [3.05, 3.63) is 58.9 Å². The van der Waals surface area contributed by atoms with Crippen LogP contribution in [-0.4, -0.2) is 36.5 Å². The molecule has 2 aromatic rings. The first-order chi connectivity index (χ1) is 15.1. The quantitative estimate of drug-likeness (QED) is 0.594. The molecule has 2 aromatic heterocycles. The summed E-state index contributed by atoms with van der Waals surface area (Å²) in [4.78, 5) is 18.1. The Kier molecular flexibility index (Phi) is 4.22. The molecule has 0 saturated heterocycles. The minimum absolute atomic E-state index is 0.165. The van der Waals surface area contributed by atoms with E-state index in [0.29, 0.717) is 23.8 Å². The molecular weight excluding hydrogens is 470 g/mol. The van der Waals surface area contributed by atoms with Gasteiger partial charge in [-0.15, -0.1) is 0 Å². The van der Waals surface area contributed by atoms with E-state index in [1.54, 1.807) is 36.2 Å². The van der Waals surface area contributed by atoms with Crippen LogP contribution < -0.4 is 10.6 Å². The molecule has 0 spiro atoms. The second kappa shape index (κ2) is 6.55. The van der Waals surface area contributed by atoms with Gasteiger partial charge in [-0.3, -0.25) is 4.79 Å². The zero-order valence-corrected chi connectivity index (χ0v) is 19.7. The highest BCUT2D eigenvalue weighted by atomic mass is 35.5. The van der Waals surface area contributed by atoms with Crippen LogP contribution in [0.3, 0.4) is 0 Å². The standard InChI is InChI=1S/C22H22ClN3O4S2/c1-32(28,29)22(6-7-22)16-4-3-14(30-16)18(27)26-21-10-20(11-21,12-21)19-25-9-15(31-19)13-2-5-17(23)24-8-13/h2-5,8-9,19,25H,6-7,10-12H2,1H3,(H,26,27). The Morgan fingerprint density at radius 3 is 2.62 bits per heavy atom. The number of aromatic nitrogens is 1. The molecule has 5 aliphatic rings. The predicted octanol–water partition coefficient (Wildman–Crippen LogP) is 3.68. The SMILES string of the molecule is CS(=O)(=O)C1(c2ccc(C(=O)NC34CC(C5NC=C(c6ccc(Cl)nc6)S5)(C3)C4)o2)CC1. The number of sulfone groups is 1. The fraction of sp³-hybridized carbons (Fsp3) is 0.455. The van der Waals surface area contributed by atoms with Crippen LogP contribution in [0.25, 0.3) is 4.91 Å². The van der Waals surface area contributed by atoms with Crippen LogP contribution in [0.15, 0.2) is 41.1 Å². The molecular formula is C22H22ClN3O4S2. The normalized spacial score (nSPS) is 31.7. The monoisotopic (exact) mass is 491 g/mol. The van der Waals surface area contributed by atoms with Gasteiger partial charge in [0.15, 0.2) is 15.6 Å². The van der Waals surface area contributed by atoms with Gasteiger partial charge in [0.05, 0.1) is 5.37 Å². The number of amides is 1. The molecule has 7 nitrogen and oxygen atoms in total. The lowest BCUT2D eigenvalue weighted by Crippen LogP contribution is -2.78. The molecule has 4 aliphatic carbocycles. The lowest BCUT2D eigenvalue weighted by molar-refractivity contribution is -0.150. The van der Waals surface area contributed by atoms with E-state index in [9.17, 15) is 13.2 Å². The van der Waals surface area contributed by atoms with Crippen LogP contribution >= 0.6 is 23.4 Å². The second-order valence-electron chi connectivity index (χ2n) is 9.60. The van der Waals surface area contributed by atoms with Crippen molar-refractivity contribution < 1.29 is 17.6 Å². The molecule has 2 N–H and O–H groups in total. The highest BCUT2D eigenvalue weighted by molar-refractivity contribution is 8.09. The maximum Gasteiger partial charge on any atom is 0.287 e. The van der Waals surface area contributed by atoms with Crippen LogP contribution in [0, 0.1) is 5.41 Å². The summed E-state index contributed by atoms with van der Waals surface area (Å²) < 4.78 is 28.9. The Morgan fingerprint density at radius 1 is 1.25 bits per heavy atom. The highest BCUT2D eigenvalue weighted by Gasteiger charge is 2.72. The molecule has 1 amide bonds. The van der Waals surface area contributed by atoms with Crippen LogP contribution in [0.4, 0.5) is 0 Å². The van der Waals surface area contributed by atoms with E-state index in [4.69, 9.17) is 16.0 Å². The number of halogens is 1. The minimum Gasteiger partial charge on any atom is -0.454 e. The fourth-order valence-corrected chi connectivity index (χ4v) is 8.23. The van der Waals surface area contributed by atoms with Gasteiger partial charge in [-0.1, -0.05) is 23.4 Å². The van der Waals surface area contributed by atoms with Gasteiger partial charge in [0.25, 0.3) is 5.91 Å². The topological polar surface area (TPSA) is 101 Å². The summed E-state index contributed by atoms with van der Waals surface area (Å²) in [5.74, 6) is 0.286. The summed E-state index contributed by atoms with van der Waals surface area (Å²) in [7, 11) is -3.27. The van der Waals surface area contributed by atoms with Crippen molar-refractivity contribution in [2.24, 2.45) is 5.41 Å². The number of thioether (sulfide) groups is 1. The highest BCUT2D eigenvalue weighted by Crippen LogP contribution is 2.71. The van der Waals surface area contributed by atoms with Gasteiger partial charge >= 0.3 is 0 Å². The molecule has 7 rings (SSSR count). The first-order valence-corrected chi connectivity index (χ1v) is 13.7. The maximum absolute atomic E-state index is 12.8. The molecule has 0 radical (unpaired) electrons. The van der Waals surface area contributed by atoms with Crippen LogP contribution in [0.1, 0.15) is 54.0 Å².